The topological polar surface area (TPSA) is 55.1 Å². The fourth-order valence-corrected chi connectivity index (χ4v) is 1.70. The lowest BCUT2D eigenvalue weighted by Crippen LogP contribution is -2.34. The van der Waals surface area contributed by atoms with Crippen molar-refractivity contribution in [3.8, 4) is 0 Å². The largest absolute Gasteiger partial charge is 0.391 e. The normalized spacial score (nSPS) is 13.8. The molecule has 0 aliphatic rings. The number of fused-ring (bicyclic) bond motifs is 1. The van der Waals surface area contributed by atoms with Crippen LogP contribution in [0.3, 0.4) is 0 Å². The lowest BCUT2D eigenvalue weighted by molar-refractivity contribution is 0.0471. The molecule has 0 saturated heterocycles. The first-order valence-electron chi connectivity index (χ1n) is 6.02. The van der Waals surface area contributed by atoms with Crippen molar-refractivity contribution in [3.63, 3.8) is 0 Å². The summed E-state index contributed by atoms with van der Waals surface area (Å²) in [7, 11) is 0. The summed E-state index contributed by atoms with van der Waals surface area (Å²) in [5, 5.41) is 10.6. The molecule has 1 unspecified atom stereocenters. The summed E-state index contributed by atoms with van der Waals surface area (Å²) < 4.78 is 1.47. The van der Waals surface area contributed by atoms with Gasteiger partial charge in [0.1, 0.15) is 0 Å². The minimum absolute atomic E-state index is 0.107. The SMILES string of the molecule is CC(C)(C)C(O)Cn1cnc2ccccc2c1=O. The zero-order valence-corrected chi connectivity index (χ0v) is 10.9. The van der Waals surface area contributed by atoms with Crippen molar-refractivity contribution in [1.82, 2.24) is 9.55 Å². The monoisotopic (exact) mass is 246 g/mol. The van der Waals surface area contributed by atoms with E-state index in [1.807, 2.05) is 32.9 Å². The summed E-state index contributed by atoms with van der Waals surface area (Å²) in [4.78, 5) is 16.4. The van der Waals surface area contributed by atoms with E-state index < -0.39 is 6.10 Å². The summed E-state index contributed by atoms with van der Waals surface area (Å²) in [6.07, 6.45) is 0.915. The first-order chi connectivity index (χ1) is 8.39. The van der Waals surface area contributed by atoms with Crippen molar-refractivity contribution in [2.75, 3.05) is 0 Å². The summed E-state index contributed by atoms with van der Waals surface area (Å²) in [5.41, 5.74) is 0.318. The van der Waals surface area contributed by atoms with Crippen LogP contribution in [0.1, 0.15) is 20.8 Å². The molecule has 0 bridgehead atoms. The van der Waals surface area contributed by atoms with Crippen LogP contribution < -0.4 is 5.56 Å². The van der Waals surface area contributed by atoms with Crippen molar-refractivity contribution in [3.05, 3.63) is 40.9 Å². The van der Waals surface area contributed by atoms with Crippen LogP contribution in [0.4, 0.5) is 0 Å². The molecule has 0 amide bonds. The van der Waals surface area contributed by atoms with Gasteiger partial charge in [-0.25, -0.2) is 4.98 Å². The summed E-state index contributed by atoms with van der Waals surface area (Å²) in [5.74, 6) is 0. The third-order valence-corrected chi connectivity index (χ3v) is 3.10. The summed E-state index contributed by atoms with van der Waals surface area (Å²) in [6, 6.07) is 7.23. The highest BCUT2D eigenvalue weighted by Crippen LogP contribution is 2.20. The maximum Gasteiger partial charge on any atom is 0.261 e. The van der Waals surface area contributed by atoms with Crippen LogP contribution in [0, 0.1) is 5.41 Å². The van der Waals surface area contributed by atoms with E-state index in [0.29, 0.717) is 10.9 Å². The number of nitrogens with zero attached hydrogens (tertiary/aromatic N) is 2. The van der Waals surface area contributed by atoms with E-state index in [-0.39, 0.29) is 17.5 Å². The number of aliphatic hydroxyl groups excluding tert-OH is 1. The Morgan fingerprint density at radius 2 is 2.00 bits per heavy atom. The first-order valence-corrected chi connectivity index (χ1v) is 6.02. The number of hydrogen-bond acceptors (Lipinski definition) is 3. The first kappa shape index (κ1) is 12.8. The fraction of sp³-hybridized carbons (Fsp3) is 0.429. The molecule has 1 heterocycles. The van der Waals surface area contributed by atoms with Gasteiger partial charge in [-0.3, -0.25) is 9.36 Å². The molecular formula is C14H18N2O2. The van der Waals surface area contributed by atoms with E-state index in [2.05, 4.69) is 4.98 Å². The molecule has 1 aromatic carbocycles. The van der Waals surface area contributed by atoms with Crippen LogP contribution in [-0.4, -0.2) is 20.8 Å². The number of aliphatic hydroxyl groups is 1. The molecule has 0 radical (unpaired) electrons. The second-order valence-corrected chi connectivity index (χ2v) is 5.60. The lowest BCUT2D eigenvalue weighted by Gasteiger charge is -2.26. The maximum absolute atomic E-state index is 12.2. The average molecular weight is 246 g/mol. The highest BCUT2D eigenvalue weighted by molar-refractivity contribution is 5.76. The predicted octanol–water partition coefficient (Wildman–Crippen LogP) is 1.80. The van der Waals surface area contributed by atoms with E-state index in [9.17, 15) is 9.90 Å². The Hall–Kier alpha value is -1.68. The Bertz CT molecular complexity index is 611. The van der Waals surface area contributed by atoms with Gasteiger partial charge in [-0.15, -0.1) is 0 Å². The lowest BCUT2D eigenvalue weighted by atomic mass is 9.89. The van der Waals surface area contributed by atoms with Crippen molar-refractivity contribution in [2.24, 2.45) is 5.41 Å². The quantitative estimate of drug-likeness (QED) is 0.879. The van der Waals surface area contributed by atoms with Gasteiger partial charge in [0, 0.05) is 0 Å². The van der Waals surface area contributed by atoms with Crippen LogP contribution in [-0.2, 0) is 6.54 Å². The number of aromatic nitrogens is 2. The van der Waals surface area contributed by atoms with E-state index in [4.69, 9.17) is 0 Å². The van der Waals surface area contributed by atoms with E-state index >= 15 is 0 Å². The highest BCUT2D eigenvalue weighted by Gasteiger charge is 2.22. The van der Waals surface area contributed by atoms with Gasteiger partial charge >= 0.3 is 0 Å². The average Bonchev–Trinajstić information content (AvgIpc) is 2.32. The molecule has 2 rings (SSSR count). The molecule has 0 aliphatic carbocycles. The second-order valence-electron chi connectivity index (χ2n) is 5.60. The molecule has 1 atom stereocenters. The Balaban J connectivity index is 2.41. The fourth-order valence-electron chi connectivity index (χ4n) is 1.70. The zero-order chi connectivity index (χ0) is 13.3. The third kappa shape index (κ3) is 2.43. The van der Waals surface area contributed by atoms with Gasteiger partial charge in [0.2, 0.25) is 0 Å². The third-order valence-electron chi connectivity index (χ3n) is 3.10. The van der Waals surface area contributed by atoms with Gasteiger partial charge < -0.3 is 5.11 Å². The molecule has 1 aromatic heterocycles. The van der Waals surface area contributed by atoms with Crippen molar-refractivity contribution in [2.45, 2.75) is 33.4 Å². The minimum Gasteiger partial charge on any atom is -0.391 e. The molecular weight excluding hydrogens is 228 g/mol. The second kappa shape index (κ2) is 4.53. The highest BCUT2D eigenvalue weighted by atomic mass is 16.3. The van der Waals surface area contributed by atoms with E-state index in [1.54, 1.807) is 12.1 Å². The molecule has 0 spiro atoms. The molecule has 0 aliphatic heterocycles. The maximum atomic E-state index is 12.2. The van der Waals surface area contributed by atoms with Crippen molar-refractivity contribution < 1.29 is 5.11 Å². The Morgan fingerprint density at radius 3 is 2.67 bits per heavy atom. The van der Waals surface area contributed by atoms with Gasteiger partial charge in [-0.05, 0) is 17.5 Å². The van der Waals surface area contributed by atoms with E-state index in [1.165, 1.54) is 10.9 Å². The summed E-state index contributed by atoms with van der Waals surface area (Å²) >= 11 is 0. The van der Waals surface area contributed by atoms with Crippen LogP contribution in [0.15, 0.2) is 35.4 Å². The van der Waals surface area contributed by atoms with Gasteiger partial charge in [-0.1, -0.05) is 32.9 Å². The Morgan fingerprint density at radius 1 is 1.33 bits per heavy atom. The van der Waals surface area contributed by atoms with Gasteiger partial charge in [0.25, 0.3) is 5.56 Å². The van der Waals surface area contributed by atoms with Crippen LogP contribution in [0.5, 0.6) is 0 Å². The molecule has 96 valence electrons. The number of para-hydroxylation sites is 1. The Kier molecular flexibility index (Phi) is 3.22. The smallest absolute Gasteiger partial charge is 0.261 e. The minimum atomic E-state index is -0.585. The van der Waals surface area contributed by atoms with Crippen LogP contribution in [0.2, 0.25) is 0 Å². The number of hydrogen-bond donors (Lipinski definition) is 1. The Labute approximate surface area is 106 Å². The van der Waals surface area contributed by atoms with Crippen LogP contribution >= 0.6 is 0 Å². The number of benzene rings is 1. The molecule has 2 aromatic rings. The molecule has 4 heteroatoms. The molecule has 18 heavy (non-hydrogen) atoms. The molecule has 0 saturated carbocycles. The number of rotatable bonds is 2. The molecule has 0 fully saturated rings. The van der Waals surface area contributed by atoms with Gasteiger partial charge in [-0.2, -0.15) is 0 Å². The summed E-state index contributed by atoms with van der Waals surface area (Å²) in [6.45, 7) is 6.09. The van der Waals surface area contributed by atoms with Gasteiger partial charge in [0.05, 0.1) is 29.9 Å². The van der Waals surface area contributed by atoms with Crippen LogP contribution in [0.25, 0.3) is 10.9 Å². The standard InChI is InChI=1S/C14H18N2O2/c1-14(2,3)12(17)8-16-9-15-11-7-5-4-6-10(11)13(16)18/h4-7,9,12,17H,8H2,1-3H3. The van der Waals surface area contributed by atoms with Crippen molar-refractivity contribution in [1.29, 1.82) is 0 Å². The van der Waals surface area contributed by atoms with E-state index in [0.717, 1.165) is 0 Å². The zero-order valence-electron chi connectivity index (χ0n) is 10.9. The van der Waals surface area contributed by atoms with Gasteiger partial charge in [0.15, 0.2) is 0 Å². The molecule has 4 nitrogen and oxygen atoms in total. The molecule has 1 N–H and O–H groups in total. The predicted molar refractivity (Wildman–Crippen MR) is 71.5 cm³/mol. The van der Waals surface area contributed by atoms with Crippen molar-refractivity contribution >= 4 is 10.9 Å².